The van der Waals surface area contributed by atoms with Crippen LogP contribution in [0.3, 0.4) is 0 Å². The average Bonchev–Trinajstić information content (AvgIpc) is 2.60. The van der Waals surface area contributed by atoms with Crippen LogP contribution in [0.1, 0.15) is 15.9 Å². The van der Waals surface area contributed by atoms with E-state index in [2.05, 4.69) is 20.9 Å². The van der Waals surface area contributed by atoms with Gasteiger partial charge in [-0.25, -0.2) is 4.79 Å². The molecular formula is C11H11BrN2O2. The van der Waals surface area contributed by atoms with Gasteiger partial charge < -0.3 is 15.5 Å². The van der Waals surface area contributed by atoms with Crippen LogP contribution in [0.5, 0.6) is 0 Å². The van der Waals surface area contributed by atoms with Crippen LogP contribution in [-0.2, 0) is 4.74 Å². The van der Waals surface area contributed by atoms with Crippen LogP contribution in [0.15, 0.2) is 16.6 Å². The van der Waals surface area contributed by atoms with Gasteiger partial charge in [0.05, 0.1) is 12.6 Å². The van der Waals surface area contributed by atoms with Crippen LogP contribution in [0.2, 0.25) is 0 Å². The van der Waals surface area contributed by atoms with E-state index >= 15 is 0 Å². The van der Waals surface area contributed by atoms with Crippen molar-refractivity contribution in [1.29, 1.82) is 0 Å². The third-order valence-corrected chi connectivity index (χ3v) is 3.54. The minimum absolute atomic E-state index is 0.327. The van der Waals surface area contributed by atoms with Crippen molar-refractivity contribution in [2.24, 2.45) is 0 Å². The molecule has 1 heterocycles. The fourth-order valence-corrected chi connectivity index (χ4v) is 2.12. The van der Waals surface area contributed by atoms with Gasteiger partial charge in [-0.15, -0.1) is 0 Å². The van der Waals surface area contributed by atoms with Gasteiger partial charge >= 0.3 is 5.97 Å². The predicted octanol–water partition coefficient (Wildman–Crippen LogP) is 2.61. The first-order chi connectivity index (χ1) is 7.56. The fraction of sp³-hybridized carbons (Fsp3) is 0.182. The molecule has 0 saturated heterocycles. The molecule has 0 aliphatic rings. The SMILES string of the molecule is COC(=O)c1c(N)[nH]c2c(Br)c(C)ccc12. The van der Waals surface area contributed by atoms with E-state index in [-0.39, 0.29) is 0 Å². The molecule has 0 amide bonds. The van der Waals surface area contributed by atoms with Crippen LogP contribution in [0.4, 0.5) is 5.82 Å². The maximum atomic E-state index is 11.6. The molecule has 2 rings (SSSR count). The van der Waals surface area contributed by atoms with Gasteiger partial charge in [0.25, 0.3) is 0 Å². The van der Waals surface area contributed by atoms with Crippen molar-refractivity contribution in [1.82, 2.24) is 4.98 Å². The molecule has 84 valence electrons. The molecule has 0 radical (unpaired) electrons. The van der Waals surface area contributed by atoms with E-state index in [4.69, 9.17) is 10.5 Å². The summed E-state index contributed by atoms with van der Waals surface area (Å²) in [6.07, 6.45) is 0. The van der Waals surface area contributed by atoms with E-state index in [1.54, 1.807) is 0 Å². The largest absolute Gasteiger partial charge is 0.465 e. The van der Waals surface area contributed by atoms with Crippen molar-refractivity contribution in [3.8, 4) is 0 Å². The number of benzene rings is 1. The first-order valence-electron chi connectivity index (χ1n) is 4.70. The number of halogens is 1. The summed E-state index contributed by atoms with van der Waals surface area (Å²) in [5, 5.41) is 0.766. The lowest BCUT2D eigenvalue weighted by atomic mass is 10.1. The Morgan fingerprint density at radius 2 is 2.19 bits per heavy atom. The molecule has 3 N–H and O–H groups in total. The van der Waals surface area contributed by atoms with Crippen molar-refractivity contribution >= 4 is 38.6 Å². The highest BCUT2D eigenvalue weighted by Crippen LogP contribution is 2.32. The summed E-state index contributed by atoms with van der Waals surface area (Å²) in [6, 6.07) is 3.78. The molecule has 0 atom stereocenters. The molecule has 0 aliphatic heterocycles. The van der Waals surface area contributed by atoms with Crippen molar-refractivity contribution in [2.75, 3.05) is 12.8 Å². The number of nitrogens with one attached hydrogen (secondary N) is 1. The summed E-state index contributed by atoms with van der Waals surface area (Å²) < 4.78 is 5.61. The minimum atomic E-state index is -0.431. The van der Waals surface area contributed by atoms with Crippen molar-refractivity contribution in [3.63, 3.8) is 0 Å². The summed E-state index contributed by atoms with van der Waals surface area (Å²) in [6.45, 7) is 1.97. The summed E-state index contributed by atoms with van der Waals surface area (Å²) in [4.78, 5) is 14.5. The number of nitrogens with two attached hydrogens (primary N) is 1. The first-order valence-corrected chi connectivity index (χ1v) is 5.50. The Balaban J connectivity index is 2.82. The Morgan fingerprint density at radius 3 is 2.81 bits per heavy atom. The second-order valence-corrected chi connectivity index (χ2v) is 4.32. The maximum Gasteiger partial charge on any atom is 0.342 e. The van der Waals surface area contributed by atoms with Crippen LogP contribution in [-0.4, -0.2) is 18.1 Å². The fourth-order valence-electron chi connectivity index (χ4n) is 1.68. The van der Waals surface area contributed by atoms with Gasteiger partial charge in [0.2, 0.25) is 0 Å². The number of aromatic nitrogens is 1. The smallest absolute Gasteiger partial charge is 0.342 e. The number of methoxy groups -OCH3 is 1. The summed E-state index contributed by atoms with van der Waals surface area (Å²) in [5.74, 6) is -0.104. The van der Waals surface area contributed by atoms with Crippen LogP contribution < -0.4 is 5.73 Å². The van der Waals surface area contributed by atoms with Crippen LogP contribution >= 0.6 is 15.9 Å². The number of carbonyl (C=O) groups excluding carboxylic acids is 1. The van der Waals surface area contributed by atoms with E-state index in [0.29, 0.717) is 11.4 Å². The third-order valence-electron chi connectivity index (χ3n) is 2.52. The summed E-state index contributed by atoms with van der Waals surface area (Å²) in [7, 11) is 1.34. The van der Waals surface area contributed by atoms with Crippen LogP contribution in [0, 0.1) is 6.92 Å². The van der Waals surface area contributed by atoms with Crippen molar-refractivity contribution < 1.29 is 9.53 Å². The quantitative estimate of drug-likeness (QED) is 0.790. The number of anilines is 1. The molecular weight excluding hydrogens is 272 g/mol. The van der Waals surface area contributed by atoms with Gasteiger partial charge in [-0.3, -0.25) is 0 Å². The Kier molecular flexibility index (Phi) is 2.63. The zero-order chi connectivity index (χ0) is 11.9. The predicted molar refractivity (Wildman–Crippen MR) is 66.5 cm³/mol. The van der Waals surface area contributed by atoms with Gasteiger partial charge in [-0.1, -0.05) is 12.1 Å². The minimum Gasteiger partial charge on any atom is -0.465 e. The van der Waals surface area contributed by atoms with Crippen LogP contribution in [0.25, 0.3) is 10.9 Å². The standard InChI is InChI=1S/C11H11BrN2O2/c1-5-3-4-6-7(11(15)16-2)10(13)14-9(6)8(5)12/h3-4,14H,13H2,1-2H3. The lowest BCUT2D eigenvalue weighted by molar-refractivity contribution is 0.0604. The number of aryl methyl sites for hydroxylation is 1. The highest BCUT2D eigenvalue weighted by atomic mass is 79.9. The van der Waals surface area contributed by atoms with Gasteiger partial charge in [-0.2, -0.15) is 0 Å². The molecule has 0 unspecified atom stereocenters. The average molecular weight is 283 g/mol. The second-order valence-electron chi connectivity index (χ2n) is 3.52. The second kappa shape index (κ2) is 3.83. The number of fused-ring (bicyclic) bond motifs is 1. The number of nitrogen functional groups attached to an aromatic ring is 1. The Hall–Kier alpha value is -1.49. The molecule has 0 saturated carbocycles. The number of hydrogen-bond donors (Lipinski definition) is 2. The number of H-pyrrole nitrogens is 1. The van der Waals surface area contributed by atoms with E-state index in [0.717, 1.165) is 20.9 Å². The van der Waals surface area contributed by atoms with Gasteiger partial charge in [0.1, 0.15) is 11.4 Å². The zero-order valence-corrected chi connectivity index (χ0v) is 10.5. The van der Waals surface area contributed by atoms with Gasteiger partial charge in [0, 0.05) is 9.86 Å². The Bertz CT molecular complexity index is 575. The Labute approximate surface area is 101 Å². The van der Waals surface area contributed by atoms with E-state index < -0.39 is 5.97 Å². The first kappa shape index (κ1) is 11.0. The number of ether oxygens (including phenoxy) is 1. The molecule has 5 heteroatoms. The molecule has 4 nitrogen and oxygen atoms in total. The van der Waals surface area contributed by atoms with E-state index in [1.165, 1.54) is 7.11 Å². The molecule has 2 aromatic rings. The maximum absolute atomic E-state index is 11.6. The zero-order valence-electron chi connectivity index (χ0n) is 8.93. The monoisotopic (exact) mass is 282 g/mol. The lowest BCUT2D eigenvalue weighted by Gasteiger charge is -2.00. The highest BCUT2D eigenvalue weighted by Gasteiger charge is 2.18. The summed E-state index contributed by atoms with van der Waals surface area (Å²) in [5.41, 5.74) is 8.05. The molecule has 1 aromatic carbocycles. The third kappa shape index (κ3) is 1.48. The summed E-state index contributed by atoms with van der Waals surface area (Å²) >= 11 is 3.46. The Morgan fingerprint density at radius 1 is 1.50 bits per heavy atom. The van der Waals surface area contributed by atoms with Crippen molar-refractivity contribution in [3.05, 3.63) is 27.7 Å². The molecule has 1 aromatic heterocycles. The molecule has 0 fully saturated rings. The van der Waals surface area contributed by atoms with Gasteiger partial charge in [0.15, 0.2) is 0 Å². The lowest BCUT2D eigenvalue weighted by Crippen LogP contribution is -2.03. The number of esters is 1. The number of rotatable bonds is 1. The molecule has 0 bridgehead atoms. The number of carbonyl (C=O) groups is 1. The normalized spacial score (nSPS) is 10.7. The molecule has 16 heavy (non-hydrogen) atoms. The topological polar surface area (TPSA) is 68.1 Å². The van der Waals surface area contributed by atoms with Gasteiger partial charge in [-0.05, 0) is 28.4 Å². The highest BCUT2D eigenvalue weighted by molar-refractivity contribution is 9.10. The number of hydrogen-bond acceptors (Lipinski definition) is 3. The molecule has 0 spiro atoms. The van der Waals surface area contributed by atoms with E-state index in [1.807, 2.05) is 19.1 Å². The van der Waals surface area contributed by atoms with Crippen molar-refractivity contribution in [2.45, 2.75) is 6.92 Å². The number of aromatic amines is 1. The van der Waals surface area contributed by atoms with E-state index in [9.17, 15) is 4.79 Å². The molecule has 0 aliphatic carbocycles.